The smallest absolute Gasteiger partial charge is 0.212 e. The largest absolute Gasteiger partial charge is 0.313 e. The van der Waals surface area contributed by atoms with Crippen LogP contribution in [0.4, 0.5) is 5.82 Å². The number of hydrogen-bond acceptors (Lipinski definition) is 3. The van der Waals surface area contributed by atoms with Crippen LogP contribution in [-0.4, -0.2) is 11.4 Å². The van der Waals surface area contributed by atoms with E-state index in [4.69, 9.17) is 5.26 Å². The predicted molar refractivity (Wildman–Crippen MR) is 38.6 cm³/mol. The molecule has 0 spiro atoms. The lowest BCUT2D eigenvalue weighted by Crippen LogP contribution is -1.96. The van der Waals surface area contributed by atoms with Crippen LogP contribution in [0.25, 0.3) is 0 Å². The van der Waals surface area contributed by atoms with Gasteiger partial charge in [-0.05, 0) is 12.1 Å². The molecular formula is C7H5N3O. The normalized spacial score (nSPS) is 8.27. The van der Waals surface area contributed by atoms with Crippen LogP contribution in [0.15, 0.2) is 18.3 Å². The second-order valence-corrected chi connectivity index (χ2v) is 1.80. The van der Waals surface area contributed by atoms with E-state index in [9.17, 15) is 4.79 Å². The van der Waals surface area contributed by atoms with Crippen LogP contribution in [0, 0.1) is 11.3 Å². The summed E-state index contributed by atoms with van der Waals surface area (Å²) in [6, 6.07) is 4.99. The van der Waals surface area contributed by atoms with E-state index in [2.05, 4.69) is 10.3 Å². The summed E-state index contributed by atoms with van der Waals surface area (Å²) in [6.45, 7) is 0. The van der Waals surface area contributed by atoms with E-state index in [1.165, 1.54) is 12.3 Å². The van der Waals surface area contributed by atoms with E-state index in [1.54, 1.807) is 6.07 Å². The molecule has 0 radical (unpaired) electrons. The number of nitriles is 1. The van der Waals surface area contributed by atoms with Gasteiger partial charge in [-0.25, -0.2) is 4.98 Å². The van der Waals surface area contributed by atoms with Crippen molar-refractivity contribution in [2.75, 3.05) is 5.32 Å². The zero-order valence-electron chi connectivity index (χ0n) is 5.61. The molecule has 1 heterocycles. The maximum absolute atomic E-state index is 9.94. The highest BCUT2D eigenvalue weighted by Crippen LogP contribution is 2.03. The van der Waals surface area contributed by atoms with Gasteiger partial charge in [0.15, 0.2) is 0 Å². The molecule has 0 aliphatic heterocycles. The fourth-order valence-electron chi connectivity index (χ4n) is 0.639. The maximum Gasteiger partial charge on any atom is 0.212 e. The van der Waals surface area contributed by atoms with E-state index >= 15 is 0 Å². The van der Waals surface area contributed by atoms with Gasteiger partial charge in [-0.2, -0.15) is 5.26 Å². The number of nitrogens with zero attached hydrogens (tertiary/aromatic N) is 2. The Morgan fingerprint density at radius 2 is 2.55 bits per heavy atom. The quantitative estimate of drug-likeness (QED) is 0.620. The standard InChI is InChI=1S/C7H5N3O/c8-4-6-1-2-9-7(3-6)10-5-11/h1-3,5H,(H,9,10,11). The summed E-state index contributed by atoms with van der Waals surface area (Å²) in [5.74, 6) is 0.388. The number of aromatic nitrogens is 1. The van der Waals surface area contributed by atoms with Crippen molar-refractivity contribution in [1.29, 1.82) is 5.26 Å². The molecule has 0 unspecified atom stereocenters. The highest BCUT2D eigenvalue weighted by atomic mass is 16.1. The number of carbonyl (C=O) groups excluding carboxylic acids is 1. The van der Waals surface area contributed by atoms with E-state index in [0.29, 0.717) is 17.8 Å². The topological polar surface area (TPSA) is 65.8 Å². The molecule has 1 N–H and O–H groups in total. The molecular weight excluding hydrogens is 142 g/mol. The zero-order valence-corrected chi connectivity index (χ0v) is 5.61. The SMILES string of the molecule is N#Cc1ccnc(NC=O)c1. The van der Waals surface area contributed by atoms with Gasteiger partial charge in [-0.1, -0.05) is 0 Å². The van der Waals surface area contributed by atoms with Gasteiger partial charge in [-0.3, -0.25) is 4.79 Å². The molecule has 1 aromatic rings. The van der Waals surface area contributed by atoms with E-state index in [1.807, 2.05) is 6.07 Å². The molecule has 0 bridgehead atoms. The molecule has 0 aromatic carbocycles. The highest BCUT2D eigenvalue weighted by molar-refractivity contribution is 5.69. The first-order chi connectivity index (χ1) is 5.36. The van der Waals surface area contributed by atoms with Gasteiger partial charge >= 0.3 is 0 Å². The van der Waals surface area contributed by atoms with Gasteiger partial charge in [0.1, 0.15) is 5.82 Å². The summed E-state index contributed by atoms with van der Waals surface area (Å²) >= 11 is 0. The second-order valence-electron chi connectivity index (χ2n) is 1.80. The fourth-order valence-corrected chi connectivity index (χ4v) is 0.639. The molecule has 4 heteroatoms. The molecule has 1 amide bonds. The maximum atomic E-state index is 9.94. The molecule has 54 valence electrons. The van der Waals surface area contributed by atoms with Crippen LogP contribution in [-0.2, 0) is 4.79 Å². The van der Waals surface area contributed by atoms with Gasteiger partial charge in [0.2, 0.25) is 6.41 Å². The first-order valence-corrected chi connectivity index (χ1v) is 2.93. The number of rotatable bonds is 2. The molecule has 11 heavy (non-hydrogen) atoms. The predicted octanol–water partition coefficient (Wildman–Crippen LogP) is 0.522. The van der Waals surface area contributed by atoms with Crippen LogP contribution < -0.4 is 5.32 Å². The molecule has 1 rings (SSSR count). The molecule has 0 saturated heterocycles. The fraction of sp³-hybridized carbons (Fsp3) is 0. The average molecular weight is 147 g/mol. The third-order valence-corrected chi connectivity index (χ3v) is 1.10. The lowest BCUT2D eigenvalue weighted by Gasteiger charge is -1.94. The number of hydrogen-bond donors (Lipinski definition) is 1. The van der Waals surface area contributed by atoms with Crippen LogP contribution in [0.2, 0.25) is 0 Å². The van der Waals surface area contributed by atoms with Crippen LogP contribution in [0.5, 0.6) is 0 Å². The van der Waals surface area contributed by atoms with Crippen LogP contribution in [0.1, 0.15) is 5.56 Å². The summed E-state index contributed by atoms with van der Waals surface area (Å²) < 4.78 is 0. The van der Waals surface area contributed by atoms with Crippen LogP contribution >= 0.6 is 0 Å². The minimum absolute atomic E-state index is 0.388. The molecule has 0 fully saturated rings. The Bertz CT molecular complexity index is 303. The highest BCUT2D eigenvalue weighted by Gasteiger charge is 1.92. The van der Waals surface area contributed by atoms with Crippen molar-refractivity contribution in [2.24, 2.45) is 0 Å². The Kier molecular flexibility index (Phi) is 2.18. The summed E-state index contributed by atoms with van der Waals surface area (Å²) in [5.41, 5.74) is 0.476. The Labute approximate surface area is 63.5 Å². The Hall–Kier alpha value is -1.89. The van der Waals surface area contributed by atoms with E-state index < -0.39 is 0 Å². The Morgan fingerprint density at radius 1 is 1.73 bits per heavy atom. The second kappa shape index (κ2) is 3.32. The van der Waals surface area contributed by atoms with Gasteiger partial charge in [-0.15, -0.1) is 0 Å². The summed E-state index contributed by atoms with van der Waals surface area (Å²) in [5, 5.41) is 10.8. The van der Waals surface area contributed by atoms with Crippen molar-refractivity contribution in [3.63, 3.8) is 0 Å². The first-order valence-electron chi connectivity index (χ1n) is 2.93. The average Bonchev–Trinajstić information content (AvgIpc) is 2.06. The number of nitrogens with one attached hydrogen (secondary N) is 1. The third kappa shape index (κ3) is 1.76. The van der Waals surface area contributed by atoms with Gasteiger partial charge in [0, 0.05) is 6.20 Å². The third-order valence-electron chi connectivity index (χ3n) is 1.10. The summed E-state index contributed by atoms with van der Waals surface area (Å²) in [6.07, 6.45) is 1.98. The number of pyridine rings is 1. The van der Waals surface area contributed by atoms with Crippen LogP contribution in [0.3, 0.4) is 0 Å². The van der Waals surface area contributed by atoms with E-state index in [0.717, 1.165) is 0 Å². The van der Waals surface area contributed by atoms with Gasteiger partial charge in [0.25, 0.3) is 0 Å². The van der Waals surface area contributed by atoms with Crippen molar-refractivity contribution in [3.05, 3.63) is 23.9 Å². The molecule has 0 aliphatic rings. The van der Waals surface area contributed by atoms with Gasteiger partial charge in [0.05, 0.1) is 11.6 Å². The minimum Gasteiger partial charge on any atom is -0.313 e. The van der Waals surface area contributed by atoms with Crippen molar-refractivity contribution in [3.8, 4) is 6.07 Å². The van der Waals surface area contributed by atoms with Crippen molar-refractivity contribution in [2.45, 2.75) is 0 Å². The lowest BCUT2D eigenvalue weighted by molar-refractivity contribution is -0.105. The van der Waals surface area contributed by atoms with Gasteiger partial charge < -0.3 is 5.32 Å². The minimum atomic E-state index is 0.388. The molecule has 0 atom stereocenters. The van der Waals surface area contributed by atoms with Crippen molar-refractivity contribution in [1.82, 2.24) is 4.98 Å². The molecule has 0 aliphatic carbocycles. The Balaban J connectivity index is 2.93. The molecule has 4 nitrogen and oxygen atoms in total. The summed E-state index contributed by atoms with van der Waals surface area (Å²) in [7, 11) is 0. The molecule has 1 aromatic heterocycles. The number of amides is 1. The monoisotopic (exact) mass is 147 g/mol. The number of carbonyl (C=O) groups is 1. The zero-order chi connectivity index (χ0) is 8.10. The van der Waals surface area contributed by atoms with Crippen molar-refractivity contribution >= 4 is 12.2 Å². The molecule has 0 saturated carbocycles. The lowest BCUT2D eigenvalue weighted by atomic mass is 10.3. The summed E-state index contributed by atoms with van der Waals surface area (Å²) in [4.78, 5) is 13.7. The Morgan fingerprint density at radius 3 is 3.18 bits per heavy atom. The van der Waals surface area contributed by atoms with E-state index in [-0.39, 0.29) is 0 Å². The number of anilines is 1. The van der Waals surface area contributed by atoms with Crippen molar-refractivity contribution < 1.29 is 4.79 Å². The first kappa shape index (κ1) is 7.22.